The van der Waals surface area contributed by atoms with Gasteiger partial charge < -0.3 is 15.2 Å². The number of halogens is 1. The molecule has 0 unspecified atom stereocenters. The van der Waals surface area contributed by atoms with Gasteiger partial charge in [0.2, 0.25) is 11.8 Å². The number of hydrogen-bond acceptors (Lipinski definition) is 5. The van der Waals surface area contributed by atoms with Gasteiger partial charge in [-0.25, -0.2) is 0 Å². The molecule has 0 radical (unpaired) electrons. The Morgan fingerprint density at radius 1 is 1.00 bits per heavy atom. The molecule has 0 atom stereocenters. The lowest BCUT2D eigenvalue weighted by Gasteiger charge is -2.09. The van der Waals surface area contributed by atoms with Crippen LogP contribution in [0.4, 0.5) is 11.4 Å². The lowest BCUT2D eigenvalue weighted by molar-refractivity contribution is -0.114. The number of aromatic nitrogens is 3. The van der Waals surface area contributed by atoms with Gasteiger partial charge in [-0.15, -0.1) is 10.2 Å². The van der Waals surface area contributed by atoms with E-state index in [-0.39, 0.29) is 17.6 Å². The Labute approximate surface area is 177 Å². The first-order valence-electron chi connectivity index (χ1n) is 8.95. The summed E-state index contributed by atoms with van der Waals surface area (Å²) >= 11 is 7.18. The summed E-state index contributed by atoms with van der Waals surface area (Å²) in [6.45, 7) is 4.13. The zero-order chi connectivity index (χ0) is 20.8. The Balaban J connectivity index is 1.66. The highest BCUT2D eigenvalue weighted by Gasteiger charge is 2.15. The Kier molecular flexibility index (Phi) is 6.90. The van der Waals surface area contributed by atoms with Gasteiger partial charge in [0, 0.05) is 35.4 Å². The van der Waals surface area contributed by atoms with Crippen LogP contribution in [0.25, 0.3) is 11.4 Å². The minimum absolute atomic E-state index is 0.120. The predicted molar refractivity (Wildman–Crippen MR) is 116 cm³/mol. The monoisotopic (exact) mass is 429 g/mol. The molecule has 0 bridgehead atoms. The smallest absolute Gasteiger partial charge is 0.234 e. The third-order valence-electron chi connectivity index (χ3n) is 3.96. The second kappa shape index (κ2) is 9.58. The van der Waals surface area contributed by atoms with Crippen LogP contribution in [0.15, 0.2) is 53.7 Å². The minimum Gasteiger partial charge on any atom is -0.326 e. The Morgan fingerprint density at radius 3 is 2.24 bits per heavy atom. The highest BCUT2D eigenvalue weighted by Crippen LogP contribution is 2.25. The standard InChI is InChI=1S/C20H20ClN5O2S/c1-3-26-19(14-4-8-16(9-5-14)22-13(2)27)24-25-20(26)29-12-18(28)23-17-10-6-15(21)7-11-17/h4-11H,3,12H2,1-2H3,(H,22,27)(H,23,28). The van der Waals surface area contributed by atoms with Crippen LogP contribution in [0.5, 0.6) is 0 Å². The van der Waals surface area contributed by atoms with Crippen LogP contribution in [0.3, 0.4) is 0 Å². The van der Waals surface area contributed by atoms with E-state index in [0.717, 1.165) is 11.3 Å². The molecule has 7 nitrogen and oxygen atoms in total. The van der Waals surface area contributed by atoms with Crippen molar-refractivity contribution in [1.82, 2.24) is 14.8 Å². The number of carbonyl (C=O) groups is 2. The molecule has 2 N–H and O–H groups in total. The van der Waals surface area contributed by atoms with E-state index in [0.29, 0.717) is 28.2 Å². The number of nitrogens with one attached hydrogen (secondary N) is 2. The number of carbonyl (C=O) groups excluding carboxylic acids is 2. The fraction of sp³-hybridized carbons (Fsp3) is 0.200. The SMILES string of the molecule is CCn1c(SCC(=O)Nc2ccc(Cl)cc2)nnc1-c1ccc(NC(C)=O)cc1. The number of thioether (sulfide) groups is 1. The van der Waals surface area contributed by atoms with Crippen LogP contribution in [-0.4, -0.2) is 32.3 Å². The molecule has 0 aliphatic carbocycles. The highest BCUT2D eigenvalue weighted by atomic mass is 35.5. The number of rotatable bonds is 7. The highest BCUT2D eigenvalue weighted by molar-refractivity contribution is 7.99. The summed E-state index contributed by atoms with van der Waals surface area (Å²) in [5.41, 5.74) is 2.29. The topological polar surface area (TPSA) is 88.9 Å². The molecule has 0 aliphatic heterocycles. The van der Waals surface area contributed by atoms with Crippen molar-refractivity contribution in [2.75, 3.05) is 16.4 Å². The van der Waals surface area contributed by atoms with E-state index >= 15 is 0 Å². The minimum atomic E-state index is -0.135. The zero-order valence-corrected chi connectivity index (χ0v) is 17.5. The Morgan fingerprint density at radius 2 is 1.62 bits per heavy atom. The van der Waals surface area contributed by atoms with Crippen LogP contribution in [0, 0.1) is 0 Å². The van der Waals surface area contributed by atoms with Gasteiger partial charge in [0.1, 0.15) is 0 Å². The van der Waals surface area contributed by atoms with Crippen molar-refractivity contribution < 1.29 is 9.59 Å². The summed E-state index contributed by atoms with van der Waals surface area (Å²) in [7, 11) is 0. The van der Waals surface area contributed by atoms with Crippen LogP contribution in [0.2, 0.25) is 5.02 Å². The third kappa shape index (κ3) is 5.58. The summed E-state index contributed by atoms with van der Waals surface area (Å²) in [6, 6.07) is 14.3. The van der Waals surface area contributed by atoms with Gasteiger partial charge in [-0.2, -0.15) is 0 Å². The van der Waals surface area contributed by atoms with Crippen molar-refractivity contribution in [1.29, 1.82) is 0 Å². The summed E-state index contributed by atoms with van der Waals surface area (Å²) in [4.78, 5) is 23.4. The van der Waals surface area contributed by atoms with Crippen molar-refractivity contribution in [2.24, 2.45) is 0 Å². The molecule has 0 spiro atoms. The normalized spacial score (nSPS) is 10.6. The predicted octanol–water partition coefficient (Wildman–Crippen LogP) is 4.31. The molecular weight excluding hydrogens is 410 g/mol. The fourth-order valence-electron chi connectivity index (χ4n) is 2.66. The van der Waals surface area contributed by atoms with E-state index in [1.807, 2.05) is 35.8 Å². The lowest BCUT2D eigenvalue weighted by atomic mass is 10.2. The molecule has 2 aromatic carbocycles. The van der Waals surface area contributed by atoms with Crippen LogP contribution in [-0.2, 0) is 16.1 Å². The van der Waals surface area contributed by atoms with Crippen molar-refractivity contribution in [3.63, 3.8) is 0 Å². The van der Waals surface area contributed by atoms with Crippen LogP contribution < -0.4 is 10.6 Å². The third-order valence-corrected chi connectivity index (χ3v) is 5.18. The molecule has 0 saturated heterocycles. The fourth-order valence-corrected chi connectivity index (χ4v) is 3.59. The molecule has 0 saturated carbocycles. The van der Waals surface area contributed by atoms with Gasteiger partial charge in [-0.1, -0.05) is 23.4 Å². The zero-order valence-electron chi connectivity index (χ0n) is 16.0. The van der Waals surface area contributed by atoms with E-state index in [1.165, 1.54) is 18.7 Å². The first kappa shape index (κ1) is 20.9. The van der Waals surface area contributed by atoms with E-state index in [9.17, 15) is 9.59 Å². The van der Waals surface area contributed by atoms with E-state index in [2.05, 4.69) is 20.8 Å². The van der Waals surface area contributed by atoms with E-state index < -0.39 is 0 Å². The molecule has 1 aromatic heterocycles. The van der Waals surface area contributed by atoms with Gasteiger partial charge in [0.25, 0.3) is 0 Å². The van der Waals surface area contributed by atoms with Gasteiger partial charge >= 0.3 is 0 Å². The van der Waals surface area contributed by atoms with Crippen LogP contribution >= 0.6 is 23.4 Å². The quantitative estimate of drug-likeness (QED) is 0.546. The van der Waals surface area contributed by atoms with E-state index in [4.69, 9.17) is 11.6 Å². The van der Waals surface area contributed by atoms with E-state index in [1.54, 1.807) is 24.3 Å². The first-order chi connectivity index (χ1) is 14.0. The van der Waals surface area contributed by atoms with Gasteiger partial charge in [0.05, 0.1) is 5.75 Å². The second-order valence-electron chi connectivity index (χ2n) is 6.15. The van der Waals surface area contributed by atoms with Gasteiger partial charge in [-0.3, -0.25) is 9.59 Å². The second-order valence-corrected chi connectivity index (χ2v) is 7.53. The maximum atomic E-state index is 12.2. The molecule has 0 fully saturated rings. The lowest BCUT2D eigenvalue weighted by Crippen LogP contribution is -2.14. The molecule has 3 rings (SSSR count). The average molecular weight is 430 g/mol. The first-order valence-corrected chi connectivity index (χ1v) is 10.3. The molecule has 1 heterocycles. The number of amides is 2. The average Bonchev–Trinajstić information content (AvgIpc) is 3.11. The largest absolute Gasteiger partial charge is 0.326 e. The van der Waals surface area contributed by atoms with Gasteiger partial charge in [0.15, 0.2) is 11.0 Å². The number of benzene rings is 2. The summed E-state index contributed by atoms with van der Waals surface area (Å²) in [5, 5.41) is 15.4. The van der Waals surface area contributed by atoms with Crippen LogP contribution in [0.1, 0.15) is 13.8 Å². The van der Waals surface area contributed by atoms with Crippen molar-refractivity contribution in [3.05, 3.63) is 53.6 Å². The number of anilines is 2. The summed E-state index contributed by atoms with van der Waals surface area (Å²) in [6.07, 6.45) is 0. The summed E-state index contributed by atoms with van der Waals surface area (Å²) in [5.74, 6) is 0.666. The molecule has 0 aliphatic rings. The van der Waals surface area contributed by atoms with Crippen molar-refractivity contribution in [2.45, 2.75) is 25.5 Å². The molecule has 29 heavy (non-hydrogen) atoms. The Bertz CT molecular complexity index is 1000. The molecule has 3 aromatic rings. The van der Waals surface area contributed by atoms with Gasteiger partial charge in [-0.05, 0) is 55.5 Å². The molecule has 9 heteroatoms. The maximum absolute atomic E-state index is 12.2. The molecular formula is C20H20ClN5O2S. The maximum Gasteiger partial charge on any atom is 0.234 e. The Hall–Kier alpha value is -2.84. The number of nitrogens with zero attached hydrogens (tertiary/aromatic N) is 3. The van der Waals surface area contributed by atoms with Crippen molar-refractivity contribution in [3.8, 4) is 11.4 Å². The van der Waals surface area contributed by atoms with Crippen molar-refractivity contribution >= 4 is 46.6 Å². The number of hydrogen-bond donors (Lipinski definition) is 2. The molecule has 2 amide bonds. The summed E-state index contributed by atoms with van der Waals surface area (Å²) < 4.78 is 1.95. The molecule has 150 valence electrons.